The molecule has 0 saturated heterocycles. The molecule has 29 heavy (non-hydrogen) atoms. The van der Waals surface area contributed by atoms with Crippen molar-refractivity contribution < 1.29 is 4.79 Å². The second-order valence-electron chi connectivity index (χ2n) is 6.17. The van der Waals surface area contributed by atoms with Crippen LogP contribution in [0, 0.1) is 6.92 Å². The molecule has 10 heteroatoms. The van der Waals surface area contributed by atoms with E-state index >= 15 is 0 Å². The maximum atomic E-state index is 12.4. The monoisotopic (exact) mass is 488 g/mol. The summed E-state index contributed by atoms with van der Waals surface area (Å²) in [5, 5.41) is 15.3. The standard InChI is InChI=1S/C19H19Cl3N4OS2/c1-4-11-10(3)28-8-12(11)18-24-25-19(26(18)5-2)29-9-17(27)23-16-7-14(21)13(20)6-15(16)22/h6-8H,4-5,9H2,1-3H3,(H,23,27). The summed E-state index contributed by atoms with van der Waals surface area (Å²) in [6, 6.07) is 3.04. The van der Waals surface area contributed by atoms with E-state index < -0.39 is 0 Å². The van der Waals surface area contributed by atoms with Crippen molar-refractivity contribution >= 4 is 69.5 Å². The number of anilines is 1. The minimum Gasteiger partial charge on any atom is -0.324 e. The molecular weight excluding hydrogens is 471 g/mol. The normalized spacial score (nSPS) is 11.1. The van der Waals surface area contributed by atoms with E-state index in [-0.39, 0.29) is 11.7 Å². The summed E-state index contributed by atoms with van der Waals surface area (Å²) in [5.41, 5.74) is 2.83. The number of thioether (sulfide) groups is 1. The Labute approximate surface area is 192 Å². The molecule has 0 aliphatic carbocycles. The number of rotatable bonds is 7. The maximum absolute atomic E-state index is 12.4. The predicted molar refractivity (Wildman–Crippen MR) is 124 cm³/mol. The third-order valence-electron chi connectivity index (χ3n) is 4.35. The number of amides is 1. The van der Waals surface area contributed by atoms with Crippen LogP contribution in [0.25, 0.3) is 11.4 Å². The first-order chi connectivity index (χ1) is 13.8. The van der Waals surface area contributed by atoms with Crippen LogP contribution >= 0.6 is 57.9 Å². The van der Waals surface area contributed by atoms with Gasteiger partial charge in [-0.05, 0) is 38.0 Å². The van der Waals surface area contributed by atoms with Gasteiger partial charge in [0, 0.05) is 22.4 Å². The first-order valence-corrected chi connectivity index (χ1v) is 11.9. The van der Waals surface area contributed by atoms with Crippen LogP contribution < -0.4 is 5.32 Å². The minimum atomic E-state index is -0.219. The molecule has 5 nitrogen and oxygen atoms in total. The molecule has 1 amide bonds. The second-order valence-corrected chi connectivity index (χ2v) is 9.42. The molecule has 0 saturated carbocycles. The van der Waals surface area contributed by atoms with Crippen molar-refractivity contribution in [2.24, 2.45) is 0 Å². The smallest absolute Gasteiger partial charge is 0.234 e. The van der Waals surface area contributed by atoms with Crippen molar-refractivity contribution in [2.45, 2.75) is 38.9 Å². The van der Waals surface area contributed by atoms with Gasteiger partial charge in [-0.25, -0.2) is 0 Å². The van der Waals surface area contributed by atoms with Crippen molar-refractivity contribution in [1.82, 2.24) is 14.8 Å². The zero-order valence-corrected chi connectivity index (χ0v) is 20.0. The molecule has 2 aromatic heterocycles. The third kappa shape index (κ3) is 4.91. The summed E-state index contributed by atoms with van der Waals surface area (Å²) in [6.45, 7) is 7.01. The van der Waals surface area contributed by atoms with Crippen molar-refractivity contribution in [1.29, 1.82) is 0 Å². The van der Waals surface area contributed by atoms with Gasteiger partial charge >= 0.3 is 0 Å². The number of nitrogens with zero attached hydrogens (tertiary/aromatic N) is 3. The van der Waals surface area contributed by atoms with E-state index in [4.69, 9.17) is 34.8 Å². The number of carbonyl (C=O) groups is 1. The molecule has 3 rings (SSSR count). The molecular formula is C19H19Cl3N4OS2. The topological polar surface area (TPSA) is 59.8 Å². The number of aryl methyl sites for hydroxylation is 1. The van der Waals surface area contributed by atoms with Gasteiger partial charge in [-0.3, -0.25) is 4.79 Å². The van der Waals surface area contributed by atoms with E-state index in [1.165, 1.54) is 34.3 Å². The van der Waals surface area contributed by atoms with Crippen LogP contribution in [-0.4, -0.2) is 26.4 Å². The van der Waals surface area contributed by atoms with Gasteiger partial charge in [0.25, 0.3) is 0 Å². The molecule has 1 N–H and O–H groups in total. The Hall–Kier alpha value is -1.25. The van der Waals surface area contributed by atoms with Gasteiger partial charge in [-0.1, -0.05) is 53.5 Å². The van der Waals surface area contributed by atoms with Crippen LogP contribution in [0.15, 0.2) is 22.7 Å². The Balaban J connectivity index is 1.74. The van der Waals surface area contributed by atoms with E-state index in [2.05, 4.69) is 34.7 Å². The van der Waals surface area contributed by atoms with Crippen molar-refractivity contribution in [3.05, 3.63) is 43.0 Å². The molecule has 0 aliphatic heterocycles. The summed E-state index contributed by atoms with van der Waals surface area (Å²) in [5.74, 6) is 0.783. The van der Waals surface area contributed by atoms with Crippen LogP contribution in [0.1, 0.15) is 24.3 Å². The summed E-state index contributed by atoms with van der Waals surface area (Å²) in [7, 11) is 0. The second kappa shape index (κ2) is 9.71. The number of carbonyl (C=O) groups excluding carboxylic acids is 1. The Morgan fingerprint density at radius 1 is 1.17 bits per heavy atom. The molecule has 0 aliphatic rings. The summed E-state index contributed by atoms with van der Waals surface area (Å²) in [4.78, 5) is 13.7. The van der Waals surface area contributed by atoms with Gasteiger partial charge in [0.05, 0.1) is 26.5 Å². The number of hydrogen-bond donors (Lipinski definition) is 1. The highest BCUT2D eigenvalue weighted by Gasteiger charge is 2.19. The van der Waals surface area contributed by atoms with Crippen molar-refractivity contribution in [3.8, 4) is 11.4 Å². The quantitative estimate of drug-likeness (QED) is 0.300. The zero-order valence-electron chi connectivity index (χ0n) is 16.1. The van der Waals surface area contributed by atoms with Crippen molar-refractivity contribution in [2.75, 3.05) is 11.1 Å². The number of aromatic nitrogens is 3. The summed E-state index contributed by atoms with van der Waals surface area (Å²) < 4.78 is 2.03. The summed E-state index contributed by atoms with van der Waals surface area (Å²) >= 11 is 21.1. The fourth-order valence-electron chi connectivity index (χ4n) is 2.92. The Kier molecular flexibility index (Phi) is 7.51. The SMILES string of the molecule is CCc1c(-c2nnc(SCC(=O)Nc3cc(Cl)c(Cl)cc3Cl)n2CC)csc1C. The van der Waals surface area contributed by atoms with Gasteiger partial charge in [-0.2, -0.15) is 0 Å². The molecule has 0 radical (unpaired) electrons. The highest BCUT2D eigenvalue weighted by Crippen LogP contribution is 2.34. The van der Waals surface area contributed by atoms with Crippen LogP contribution in [-0.2, 0) is 17.8 Å². The summed E-state index contributed by atoms with van der Waals surface area (Å²) in [6.07, 6.45) is 0.941. The van der Waals surface area contributed by atoms with E-state index in [0.29, 0.717) is 32.5 Å². The lowest BCUT2D eigenvalue weighted by Gasteiger charge is -2.10. The number of nitrogens with one attached hydrogen (secondary N) is 1. The average molecular weight is 490 g/mol. The molecule has 2 heterocycles. The van der Waals surface area contributed by atoms with Gasteiger partial charge in [0.1, 0.15) is 0 Å². The number of hydrogen-bond acceptors (Lipinski definition) is 5. The van der Waals surface area contributed by atoms with Crippen LogP contribution in [0.4, 0.5) is 5.69 Å². The molecule has 0 spiro atoms. The molecule has 0 unspecified atom stereocenters. The fraction of sp³-hybridized carbons (Fsp3) is 0.316. The van der Waals surface area contributed by atoms with Crippen LogP contribution in [0.5, 0.6) is 0 Å². The van der Waals surface area contributed by atoms with E-state index in [0.717, 1.165) is 17.8 Å². The lowest BCUT2D eigenvalue weighted by atomic mass is 10.1. The molecule has 154 valence electrons. The van der Waals surface area contributed by atoms with E-state index in [1.54, 1.807) is 11.3 Å². The van der Waals surface area contributed by atoms with Crippen LogP contribution in [0.3, 0.4) is 0 Å². The lowest BCUT2D eigenvalue weighted by molar-refractivity contribution is -0.113. The van der Waals surface area contributed by atoms with Gasteiger partial charge in [-0.15, -0.1) is 21.5 Å². The Bertz CT molecular complexity index is 1050. The Morgan fingerprint density at radius 3 is 2.59 bits per heavy atom. The molecule has 0 fully saturated rings. The van der Waals surface area contributed by atoms with E-state index in [9.17, 15) is 4.79 Å². The molecule has 0 bridgehead atoms. The maximum Gasteiger partial charge on any atom is 0.234 e. The predicted octanol–water partition coefficient (Wildman–Crippen LogP) is 6.59. The highest BCUT2D eigenvalue weighted by molar-refractivity contribution is 7.99. The van der Waals surface area contributed by atoms with Gasteiger partial charge < -0.3 is 9.88 Å². The third-order valence-corrected chi connectivity index (χ3v) is 7.30. The molecule has 0 atom stereocenters. The first kappa shape index (κ1) is 22.4. The molecule has 1 aromatic carbocycles. The number of thiophene rings is 1. The first-order valence-electron chi connectivity index (χ1n) is 8.93. The zero-order chi connectivity index (χ0) is 21.1. The number of benzene rings is 1. The largest absolute Gasteiger partial charge is 0.324 e. The number of halogens is 3. The van der Waals surface area contributed by atoms with Gasteiger partial charge in [0.15, 0.2) is 11.0 Å². The average Bonchev–Trinajstić information content (AvgIpc) is 3.26. The van der Waals surface area contributed by atoms with Crippen molar-refractivity contribution in [3.63, 3.8) is 0 Å². The highest BCUT2D eigenvalue weighted by atomic mass is 35.5. The van der Waals surface area contributed by atoms with Crippen LogP contribution in [0.2, 0.25) is 15.1 Å². The lowest BCUT2D eigenvalue weighted by Crippen LogP contribution is -2.15. The van der Waals surface area contributed by atoms with Gasteiger partial charge in [0.2, 0.25) is 5.91 Å². The minimum absolute atomic E-state index is 0.165. The fourth-order valence-corrected chi connectivity index (χ4v) is 5.26. The van der Waals surface area contributed by atoms with E-state index in [1.807, 2.05) is 11.5 Å². The molecule has 3 aromatic rings. The Morgan fingerprint density at radius 2 is 1.90 bits per heavy atom.